The number of carbonyl (C=O) groups excluding carboxylic acids is 1. The Kier molecular flexibility index (Phi) is 5.97. The Hall–Kier alpha value is -2.96. The van der Waals surface area contributed by atoms with Crippen LogP contribution in [-0.4, -0.2) is 36.1 Å². The van der Waals surface area contributed by atoms with Crippen molar-refractivity contribution in [2.45, 2.75) is 25.8 Å². The zero-order valence-corrected chi connectivity index (χ0v) is 17.6. The number of carboxylic acid groups (broad SMARTS) is 1. The topological polar surface area (TPSA) is 69.6 Å². The minimum Gasteiger partial charge on any atom is -0.477 e. The number of amides is 1. The average molecular weight is 421 g/mol. The summed E-state index contributed by atoms with van der Waals surface area (Å²) in [6.07, 6.45) is 1.57. The maximum Gasteiger partial charge on any atom is 0.348 e. The SMILES string of the molecule is Cc1ccc(C(=O)N(c2cc(-c3ccccc3)sc2C(=O)O)C2CCNCC2)cc1. The molecule has 30 heavy (non-hydrogen) atoms. The van der Waals surface area contributed by atoms with Crippen molar-refractivity contribution < 1.29 is 14.7 Å². The molecule has 0 saturated carbocycles. The summed E-state index contributed by atoms with van der Waals surface area (Å²) in [5, 5.41) is 13.2. The second-order valence-corrected chi connectivity index (χ2v) is 8.57. The number of aromatic carboxylic acids is 1. The van der Waals surface area contributed by atoms with E-state index in [9.17, 15) is 14.7 Å². The summed E-state index contributed by atoms with van der Waals surface area (Å²) in [7, 11) is 0. The molecule has 0 unspecified atom stereocenters. The summed E-state index contributed by atoms with van der Waals surface area (Å²) < 4.78 is 0. The second kappa shape index (κ2) is 8.81. The molecule has 1 aliphatic heterocycles. The molecule has 1 aromatic heterocycles. The number of aryl methyl sites for hydroxylation is 1. The Balaban J connectivity index is 1.81. The van der Waals surface area contributed by atoms with E-state index in [-0.39, 0.29) is 16.8 Å². The largest absolute Gasteiger partial charge is 0.477 e. The maximum atomic E-state index is 13.6. The highest BCUT2D eigenvalue weighted by molar-refractivity contribution is 7.18. The van der Waals surface area contributed by atoms with Crippen molar-refractivity contribution in [2.24, 2.45) is 0 Å². The van der Waals surface area contributed by atoms with Gasteiger partial charge in [-0.15, -0.1) is 11.3 Å². The highest BCUT2D eigenvalue weighted by atomic mass is 32.1. The first-order valence-electron chi connectivity index (χ1n) is 10.1. The molecule has 0 radical (unpaired) electrons. The van der Waals surface area contributed by atoms with Gasteiger partial charge in [0.1, 0.15) is 4.88 Å². The van der Waals surface area contributed by atoms with Crippen molar-refractivity contribution in [3.05, 3.63) is 76.7 Å². The van der Waals surface area contributed by atoms with E-state index >= 15 is 0 Å². The van der Waals surface area contributed by atoms with Gasteiger partial charge in [-0.2, -0.15) is 0 Å². The number of hydrogen-bond donors (Lipinski definition) is 2. The second-order valence-electron chi connectivity index (χ2n) is 7.52. The normalized spacial score (nSPS) is 14.4. The van der Waals surface area contributed by atoms with Gasteiger partial charge in [-0.05, 0) is 56.6 Å². The molecule has 0 spiro atoms. The number of carbonyl (C=O) groups is 2. The number of anilines is 1. The van der Waals surface area contributed by atoms with E-state index in [2.05, 4.69) is 5.32 Å². The predicted octanol–water partition coefficient (Wildman–Crippen LogP) is 4.82. The first-order chi connectivity index (χ1) is 14.5. The number of rotatable bonds is 5. The van der Waals surface area contributed by atoms with Crippen LogP contribution in [0.3, 0.4) is 0 Å². The molecule has 4 rings (SSSR count). The van der Waals surface area contributed by atoms with Crippen LogP contribution in [-0.2, 0) is 0 Å². The lowest BCUT2D eigenvalue weighted by atomic mass is 10.0. The van der Waals surface area contributed by atoms with Gasteiger partial charge in [0.15, 0.2) is 0 Å². The van der Waals surface area contributed by atoms with Gasteiger partial charge in [0.2, 0.25) is 0 Å². The number of carboxylic acids is 1. The van der Waals surface area contributed by atoms with Gasteiger partial charge in [-0.1, -0.05) is 48.0 Å². The van der Waals surface area contributed by atoms with E-state index in [1.165, 1.54) is 11.3 Å². The van der Waals surface area contributed by atoms with Crippen molar-refractivity contribution in [3.63, 3.8) is 0 Å². The van der Waals surface area contributed by atoms with Crippen LogP contribution in [0.15, 0.2) is 60.7 Å². The third-order valence-electron chi connectivity index (χ3n) is 5.42. The van der Waals surface area contributed by atoms with Crippen LogP contribution in [0.5, 0.6) is 0 Å². The number of hydrogen-bond acceptors (Lipinski definition) is 4. The molecule has 2 aromatic carbocycles. The fourth-order valence-corrected chi connectivity index (χ4v) is 4.82. The van der Waals surface area contributed by atoms with Crippen LogP contribution in [0.4, 0.5) is 5.69 Å². The van der Waals surface area contributed by atoms with Crippen LogP contribution in [0.25, 0.3) is 10.4 Å². The summed E-state index contributed by atoms with van der Waals surface area (Å²) in [6, 6.07) is 19.0. The van der Waals surface area contributed by atoms with Gasteiger partial charge in [0.25, 0.3) is 5.91 Å². The fourth-order valence-electron chi connectivity index (χ4n) is 3.83. The van der Waals surface area contributed by atoms with Gasteiger partial charge >= 0.3 is 5.97 Å². The molecular formula is C24H24N2O3S. The van der Waals surface area contributed by atoms with E-state index < -0.39 is 5.97 Å². The van der Waals surface area contributed by atoms with Crippen LogP contribution in [0.1, 0.15) is 38.4 Å². The molecule has 5 nitrogen and oxygen atoms in total. The minimum atomic E-state index is -1.01. The molecular weight excluding hydrogens is 396 g/mol. The third kappa shape index (κ3) is 4.15. The molecule has 1 saturated heterocycles. The zero-order valence-electron chi connectivity index (χ0n) is 16.8. The zero-order chi connectivity index (χ0) is 21.1. The molecule has 1 aliphatic rings. The fraction of sp³-hybridized carbons (Fsp3) is 0.250. The first kappa shape index (κ1) is 20.3. The summed E-state index contributed by atoms with van der Waals surface area (Å²) in [5.74, 6) is -1.16. The Morgan fingerprint density at radius 2 is 1.70 bits per heavy atom. The number of nitrogens with zero attached hydrogens (tertiary/aromatic N) is 1. The number of thiophene rings is 1. The molecule has 6 heteroatoms. The van der Waals surface area contributed by atoms with Crippen LogP contribution >= 0.6 is 11.3 Å². The molecule has 0 atom stereocenters. The molecule has 0 aliphatic carbocycles. The maximum absolute atomic E-state index is 13.6. The highest BCUT2D eigenvalue weighted by Gasteiger charge is 2.32. The third-order valence-corrected chi connectivity index (χ3v) is 6.58. The lowest BCUT2D eigenvalue weighted by molar-refractivity contribution is 0.0703. The molecule has 154 valence electrons. The molecule has 2 N–H and O–H groups in total. The van der Waals surface area contributed by atoms with Crippen molar-refractivity contribution >= 4 is 28.9 Å². The van der Waals surface area contributed by atoms with Gasteiger partial charge < -0.3 is 15.3 Å². The monoisotopic (exact) mass is 420 g/mol. The Labute approximate surface area is 180 Å². The molecule has 2 heterocycles. The molecule has 1 amide bonds. The summed E-state index contributed by atoms with van der Waals surface area (Å²) >= 11 is 1.22. The number of benzene rings is 2. The van der Waals surface area contributed by atoms with E-state index in [1.807, 2.05) is 67.6 Å². The van der Waals surface area contributed by atoms with Crippen molar-refractivity contribution in [3.8, 4) is 10.4 Å². The van der Waals surface area contributed by atoms with Crippen molar-refractivity contribution in [2.75, 3.05) is 18.0 Å². The van der Waals surface area contributed by atoms with Crippen molar-refractivity contribution in [1.29, 1.82) is 0 Å². The summed E-state index contributed by atoms with van der Waals surface area (Å²) in [6.45, 7) is 3.59. The van der Waals surface area contributed by atoms with E-state index in [4.69, 9.17) is 0 Å². The van der Waals surface area contributed by atoms with Gasteiger partial charge in [-0.3, -0.25) is 4.79 Å². The van der Waals surface area contributed by atoms with Gasteiger partial charge in [0.05, 0.1) is 5.69 Å². The predicted molar refractivity (Wildman–Crippen MR) is 121 cm³/mol. The van der Waals surface area contributed by atoms with E-state index in [1.54, 1.807) is 4.90 Å². The number of nitrogens with one attached hydrogen (secondary N) is 1. The van der Waals surface area contributed by atoms with Crippen LogP contribution < -0.4 is 10.2 Å². The quantitative estimate of drug-likeness (QED) is 0.621. The molecule has 1 fully saturated rings. The van der Waals surface area contributed by atoms with Crippen LogP contribution in [0, 0.1) is 6.92 Å². The standard InChI is InChI=1S/C24H24N2O3S/c1-16-7-9-18(10-8-16)23(27)26(19-11-13-25-14-12-19)20-15-21(30-22(20)24(28)29)17-5-3-2-4-6-17/h2-10,15,19,25H,11-14H2,1H3,(H,28,29). The lowest BCUT2D eigenvalue weighted by Gasteiger charge is -2.34. The minimum absolute atomic E-state index is 0.0450. The van der Waals surface area contributed by atoms with E-state index in [0.29, 0.717) is 11.3 Å². The average Bonchev–Trinajstić information content (AvgIpc) is 3.21. The Bertz CT molecular complexity index is 1040. The van der Waals surface area contributed by atoms with Crippen LogP contribution in [0.2, 0.25) is 0 Å². The Morgan fingerprint density at radius 3 is 2.33 bits per heavy atom. The number of piperidine rings is 1. The van der Waals surface area contributed by atoms with Gasteiger partial charge in [-0.25, -0.2) is 4.79 Å². The lowest BCUT2D eigenvalue weighted by Crippen LogP contribution is -2.46. The van der Waals surface area contributed by atoms with Gasteiger partial charge in [0, 0.05) is 16.5 Å². The first-order valence-corrected chi connectivity index (χ1v) is 10.9. The molecule has 0 bridgehead atoms. The smallest absolute Gasteiger partial charge is 0.348 e. The molecule has 3 aromatic rings. The van der Waals surface area contributed by atoms with Crippen molar-refractivity contribution in [1.82, 2.24) is 5.32 Å². The van der Waals surface area contributed by atoms with E-state index in [0.717, 1.165) is 41.9 Å². The Morgan fingerprint density at radius 1 is 1.03 bits per heavy atom. The summed E-state index contributed by atoms with van der Waals surface area (Å²) in [4.78, 5) is 28.5. The highest BCUT2D eigenvalue weighted by Crippen LogP contribution is 2.39. The summed E-state index contributed by atoms with van der Waals surface area (Å²) in [5.41, 5.74) is 3.09.